The van der Waals surface area contributed by atoms with Gasteiger partial charge in [-0.05, 0) is 30.7 Å². The second-order valence-electron chi connectivity index (χ2n) is 4.93. The fourth-order valence-electron chi connectivity index (χ4n) is 1.92. The van der Waals surface area contributed by atoms with Crippen LogP contribution in [0.25, 0.3) is 0 Å². The second-order valence-corrected chi connectivity index (χ2v) is 4.93. The number of hydrogen-bond acceptors (Lipinski definition) is 2. The fourth-order valence-corrected chi connectivity index (χ4v) is 1.92. The highest BCUT2D eigenvalue weighted by molar-refractivity contribution is 5.17. The molecule has 3 heteroatoms. The van der Waals surface area contributed by atoms with Crippen molar-refractivity contribution in [2.45, 2.75) is 58.6 Å². The molecule has 15 heavy (non-hydrogen) atoms. The van der Waals surface area contributed by atoms with Crippen molar-refractivity contribution in [2.24, 2.45) is 0 Å². The Hall–Kier alpha value is -0.830. The maximum Gasteiger partial charge on any atom is 0.0527 e. The molecule has 0 bridgehead atoms. The molecule has 1 heterocycles. The second kappa shape index (κ2) is 4.79. The first-order valence-corrected chi connectivity index (χ1v) is 5.66. The predicted octanol–water partition coefficient (Wildman–Crippen LogP) is 2.34. The zero-order chi connectivity index (χ0) is 11.5. The molecule has 0 fully saturated rings. The molecule has 0 aliphatic carbocycles. The Balaban J connectivity index is 2.75. The molecule has 0 amide bonds. The summed E-state index contributed by atoms with van der Waals surface area (Å²) in [5.41, 5.74) is 1.21. The minimum atomic E-state index is -0.269. The molecule has 0 radical (unpaired) electrons. The van der Waals surface area contributed by atoms with Gasteiger partial charge in [0.2, 0.25) is 0 Å². The quantitative estimate of drug-likeness (QED) is 0.810. The molecule has 1 unspecified atom stereocenters. The first-order chi connectivity index (χ1) is 6.95. The molecule has 0 saturated heterocycles. The van der Waals surface area contributed by atoms with Crippen LogP contribution < -0.4 is 0 Å². The highest BCUT2D eigenvalue weighted by Crippen LogP contribution is 2.27. The molecular formula is C12H22N2O. The lowest BCUT2D eigenvalue weighted by molar-refractivity contribution is 0.157. The van der Waals surface area contributed by atoms with Gasteiger partial charge in [-0.3, -0.25) is 4.68 Å². The average molecular weight is 210 g/mol. The van der Waals surface area contributed by atoms with Gasteiger partial charge in [0.1, 0.15) is 0 Å². The lowest BCUT2D eigenvalue weighted by Gasteiger charge is -2.24. The molecular weight excluding hydrogens is 188 g/mol. The van der Waals surface area contributed by atoms with Gasteiger partial charge < -0.3 is 5.11 Å². The number of hydrogen-bond donors (Lipinski definition) is 1. The van der Waals surface area contributed by atoms with E-state index >= 15 is 0 Å². The molecule has 0 aliphatic heterocycles. The smallest absolute Gasteiger partial charge is 0.0527 e. The van der Waals surface area contributed by atoms with Gasteiger partial charge in [0, 0.05) is 12.7 Å². The maximum absolute atomic E-state index is 9.43. The van der Waals surface area contributed by atoms with E-state index in [-0.39, 0.29) is 11.5 Å². The zero-order valence-corrected chi connectivity index (χ0v) is 10.2. The van der Waals surface area contributed by atoms with E-state index in [2.05, 4.69) is 32.1 Å². The van der Waals surface area contributed by atoms with Gasteiger partial charge >= 0.3 is 0 Å². The molecule has 0 aliphatic rings. The molecule has 0 aromatic carbocycles. The number of rotatable bonds is 5. The normalized spacial score (nSPS) is 14.2. The zero-order valence-electron chi connectivity index (χ0n) is 10.2. The standard InChI is InChI=1S/C12H22N2O/c1-5-6-14-9-11(8-13-14)12(3,4)7-10(2)15/h8-10,15H,5-7H2,1-4H3. The van der Waals surface area contributed by atoms with Crippen LogP contribution in [0, 0.1) is 0 Å². The molecule has 3 nitrogen and oxygen atoms in total. The Morgan fingerprint density at radius 2 is 2.20 bits per heavy atom. The lowest BCUT2D eigenvalue weighted by Crippen LogP contribution is -2.22. The molecule has 0 saturated carbocycles. The van der Waals surface area contributed by atoms with Gasteiger partial charge in [0.25, 0.3) is 0 Å². The largest absolute Gasteiger partial charge is 0.393 e. The van der Waals surface area contributed by atoms with Crippen LogP contribution in [0.3, 0.4) is 0 Å². The number of aliphatic hydroxyl groups excluding tert-OH is 1. The van der Waals surface area contributed by atoms with E-state index in [9.17, 15) is 5.11 Å². The van der Waals surface area contributed by atoms with Crippen LogP contribution >= 0.6 is 0 Å². The molecule has 1 atom stereocenters. The molecule has 0 spiro atoms. The van der Waals surface area contributed by atoms with Crippen LogP contribution in [0.1, 0.15) is 46.1 Å². The van der Waals surface area contributed by atoms with Crippen LogP contribution in [-0.4, -0.2) is 21.0 Å². The van der Waals surface area contributed by atoms with Crippen LogP contribution in [0.2, 0.25) is 0 Å². The summed E-state index contributed by atoms with van der Waals surface area (Å²) in [6.07, 6.45) is 5.60. The Bertz CT molecular complexity index is 302. The Labute approximate surface area is 92.1 Å². The third-order valence-electron chi connectivity index (χ3n) is 2.67. The minimum absolute atomic E-state index is 0.000157. The van der Waals surface area contributed by atoms with Crippen molar-refractivity contribution in [1.82, 2.24) is 9.78 Å². The SMILES string of the molecule is CCCn1cc(C(C)(C)CC(C)O)cn1. The summed E-state index contributed by atoms with van der Waals surface area (Å²) < 4.78 is 1.97. The van der Waals surface area contributed by atoms with E-state index in [1.165, 1.54) is 5.56 Å². The van der Waals surface area contributed by atoms with Crippen LogP contribution in [0.4, 0.5) is 0 Å². The third-order valence-corrected chi connectivity index (χ3v) is 2.67. The van der Waals surface area contributed by atoms with Crippen LogP contribution in [0.5, 0.6) is 0 Å². The van der Waals surface area contributed by atoms with Gasteiger partial charge in [-0.2, -0.15) is 5.10 Å². The highest BCUT2D eigenvalue weighted by Gasteiger charge is 2.24. The Morgan fingerprint density at radius 3 is 2.73 bits per heavy atom. The van der Waals surface area contributed by atoms with Gasteiger partial charge in [0.05, 0.1) is 12.3 Å². The molecule has 1 rings (SSSR count). The molecule has 1 aromatic heterocycles. The highest BCUT2D eigenvalue weighted by atomic mass is 16.3. The summed E-state index contributed by atoms with van der Waals surface area (Å²) in [5.74, 6) is 0. The summed E-state index contributed by atoms with van der Waals surface area (Å²) in [6, 6.07) is 0. The molecule has 1 N–H and O–H groups in total. The first kappa shape index (κ1) is 12.2. The maximum atomic E-state index is 9.43. The van der Waals surface area contributed by atoms with Gasteiger partial charge in [-0.1, -0.05) is 20.8 Å². The van der Waals surface area contributed by atoms with E-state index in [0.717, 1.165) is 19.4 Å². The number of aliphatic hydroxyl groups is 1. The third kappa shape index (κ3) is 3.34. The van der Waals surface area contributed by atoms with E-state index in [1.54, 1.807) is 0 Å². The molecule has 1 aromatic rings. The van der Waals surface area contributed by atoms with Crippen LogP contribution in [0.15, 0.2) is 12.4 Å². The summed E-state index contributed by atoms with van der Waals surface area (Å²) in [4.78, 5) is 0. The number of aromatic nitrogens is 2. The van der Waals surface area contributed by atoms with Crippen molar-refractivity contribution in [3.8, 4) is 0 Å². The van der Waals surface area contributed by atoms with Crippen molar-refractivity contribution < 1.29 is 5.11 Å². The van der Waals surface area contributed by atoms with Crippen molar-refractivity contribution >= 4 is 0 Å². The predicted molar refractivity (Wildman–Crippen MR) is 61.8 cm³/mol. The van der Waals surface area contributed by atoms with E-state index in [4.69, 9.17) is 0 Å². The fraction of sp³-hybridized carbons (Fsp3) is 0.750. The first-order valence-electron chi connectivity index (χ1n) is 5.66. The van der Waals surface area contributed by atoms with Gasteiger partial charge in [-0.25, -0.2) is 0 Å². The average Bonchev–Trinajstić information content (AvgIpc) is 2.51. The van der Waals surface area contributed by atoms with Crippen molar-refractivity contribution in [1.29, 1.82) is 0 Å². The van der Waals surface area contributed by atoms with Crippen molar-refractivity contribution in [3.63, 3.8) is 0 Å². The van der Waals surface area contributed by atoms with E-state index in [1.807, 2.05) is 17.8 Å². The van der Waals surface area contributed by atoms with E-state index < -0.39 is 0 Å². The van der Waals surface area contributed by atoms with Crippen molar-refractivity contribution in [2.75, 3.05) is 0 Å². The Kier molecular flexibility index (Phi) is 3.91. The topological polar surface area (TPSA) is 38.0 Å². The summed E-state index contributed by atoms with van der Waals surface area (Å²) >= 11 is 0. The summed E-state index contributed by atoms with van der Waals surface area (Å²) in [5, 5.41) is 13.7. The minimum Gasteiger partial charge on any atom is -0.393 e. The monoisotopic (exact) mass is 210 g/mol. The van der Waals surface area contributed by atoms with E-state index in [0.29, 0.717) is 0 Å². The summed E-state index contributed by atoms with van der Waals surface area (Å²) in [6.45, 7) is 9.23. The van der Waals surface area contributed by atoms with Crippen LogP contribution in [-0.2, 0) is 12.0 Å². The Morgan fingerprint density at radius 1 is 1.53 bits per heavy atom. The number of aryl methyl sites for hydroxylation is 1. The summed E-state index contributed by atoms with van der Waals surface area (Å²) in [7, 11) is 0. The van der Waals surface area contributed by atoms with Gasteiger partial charge in [-0.15, -0.1) is 0 Å². The van der Waals surface area contributed by atoms with Crippen molar-refractivity contribution in [3.05, 3.63) is 18.0 Å². The lowest BCUT2D eigenvalue weighted by atomic mass is 9.82. The molecule has 86 valence electrons. The van der Waals surface area contributed by atoms with Gasteiger partial charge in [0.15, 0.2) is 0 Å². The number of nitrogens with zero attached hydrogens (tertiary/aromatic N) is 2.